The van der Waals surface area contributed by atoms with Crippen molar-refractivity contribution in [2.45, 2.75) is 19.3 Å². The van der Waals surface area contributed by atoms with E-state index in [1.54, 1.807) is 12.1 Å². The van der Waals surface area contributed by atoms with Crippen LogP contribution in [0.5, 0.6) is 0 Å². The lowest BCUT2D eigenvalue weighted by atomic mass is 10.1. The van der Waals surface area contributed by atoms with Crippen LogP contribution in [0.15, 0.2) is 59.4 Å². The van der Waals surface area contributed by atoms with Crippen LogP contribution in [-0.2, 0) is 28.9 Å². The highest BCUT2D eigenvalue weighted by Crippen LogP contribution is 2.31. The molecule has 4 rings (SSSR count). The minimum Gasteiger partial charge on any atom is -0.452 e. The monoisotopic (exact) mass is 473 g/mol. The molecule has 2 aromatic heterocycles. The van der Waals surface area contributed by atoms with Gasteiger partial charge < -0.3 is 14.6 Å². The number of ether oxygens (including phenoxy) is 1. The Hall–Kier alpha value is -4.62. The van der Waals surface area contributed by atoms with Gasteiger partial charge >= 0.3 is 12.1 Å². The normalized spacial score (nSPS) is 11.3. The average molecular weight is 473 g/mol. The van der Waals surface area contributed by atoms with Gasteiger partial charge in [0.15, 0.2) is 6.61 Å². The Kier molecular flexibility index (Phi) is 6.29. The number of nitrogens with one attached hydrogen (secondary N) is 1. The molecule has 0 bridgehead atoms. The molecule has 0 fully saturated rings. The summed E-state index contributed by atoms with van der Waals surface area (Å²) in [5.41, 5.74) is -0.515. The van der Waals surface area contributed by atoms with Crippen LogP contribution in [0, 0.1) is 0 Å². The first-order chi connectivity index (χ1) is 16.3. The quantitative estimate of drug-likeness (QED) is 0.402. The fourth-order valence-corrected chi connectivity index (χ4v) is 2.83. The molecule has 0 atom stereocenters. The third-order valence-electron chi connectivity index (χ3n) is 4.36. The first kappa shape index (κ1) is 22.6. The van der Waals surface area contributed by atoms with E-state index in [-0.39, 0.29) is 35.1 Å². The van der Waals surface area contributed by atoms with Crippen LogP contribution in [0.3, 0.4) is 0 Å². The molecule has 0 aliphatic heterocycles. The van der Waals surface area contributed by atoms with Gasteiger partial charge in [0.1, 0.15) is 12.9 Å². The Bertz CT molecular complexity index is 1310. The molecule has 2 heterocycles. The van der Waals surface area contributed by atoms with E-state index in [9.17, 15) is 22.8 Å². The molecule has 14 heteroatoms. The maximum absolute atomic E-state index is 12.9. The van der Waals surface area contributed by atoms with Gasteiger partial charge in [-0.3, -0.25) is 4.79 Å². The maximum atomic E-state index is 12.9. The molecular formula is C20H14F3N7O4. The summed E-state index contributed by atoms with van der Waals surface area (Å²) in [6.07, 6.45) is -3.26. The van der Waals surface area contributed by atoms with Gasteiger partial charge in [-0.2, -0.15) is 18.2 Å². The molecule has 0 saturated heterocycles. The second-order valence-corrected chi connectivity index (χ2v) is 6.77. The molecule has 2 aromatic carbocycles. The third-order valence-corrected chi connectivity index (χ3v) is 4.36. The number of carbonyl (C=O) groups is 2. The fourth-order valence-electron chi connectivity index (χ4n) is 2.83. The van der Waals surface area contributed by atoms with E-state index in [0.717, 1.165) is 12.1 Å². The number of hydrogen-bond donors (Lipinski definition) is 1. The molecule has 0 aliphatic carbocycles. The number of amides is 1. The van der Waals surface area contributed by atoms with E-state index in [2.05, 4.69) is 31.0 Å². The van der Waals surface area contributed by atoms with E-state index in [0.29, 0.717) is 0 Å². The van der Waals surface area contributed by atoms with E-state index in [1.807, 2.05) is 0 Å². The predicted molar refractivity (Wildman–Crippen MR) is 107 cm³/mol. The highest BCUT2D eigenvalue weighted by Gasteiger charge is 2.30. The van der Waals surface area contributed by atoms with Crippen LogP contribution in [0.4, 0.5) is 18.9 Å². The Labute approximate surface area is 188 Å². The highest BCUT2D eigenvalue weighted by atomic mass is 19.4. The zero-order valence-electron chi connectivity index (χ0n) is 17.1. The zero-order chi connectivity index (χ0) is 24.1. The Morgan fingerprint density at radius 2 is 1.94 bits per heavy atom. The van der Waals surface area contributed by atoms with Crippen LogP contribution in [0.1, 0.15) is 21.8 Å². The number of aromatic nitrogens is 6. The van der Waals surface area contributed by atoms with Gasteiger partial charge in [0.25, 0.3) is 5.89 Å². The van der Waals surface area contributed by atoms with E-state index in [1.165, 1.54) is 35.3 Å². The molecule has 0 saturated carbocycles. The summed E-state index contributed by atoms with van der Waals surface area (Å²) < 4.78 is 50.1. The lowest BCUT2D eigenvalue weighted by Gasteiger charge is -2.10. The molecule has 174 valence electrons. The SMILES string of the molecule is O=C(Cn1cnnn1)Nc1ccccc1C(=O)OCc1nc(-c2cccc(C(F)(F)F)c2)no1. The molecular weight excluding hydrogens is 459 g/mol. The molecule has 34 heavy (non-hydrogen) atoms. The lowest BCUT2D eigenvalue weighted by molar-refractivity contribution is -0.137. The number of esters is 1. The van der Waals surface area contributed by atoms with Gasteiger partial charge in [0.2, 0.25) is 11.7 Å². The fraction of sp³-hybridized carbons (Fsp3) is 0.150. The molecule has 0 radical (unpaired) electrons. The first-order valence-electron chi connectivity index (χ1n) is 9.56. The summed E-state index contributed by atoms with van der Waals surface area (Å²) >= 11 is 0. The van der Waals surface area contributed by atoms with Crippen LogP contribution in [-0.4, -0.2) is 42.2 Å². The van der Waals surface area contributed by atoms with Crippen molar-refractivity contribution in [3.63, 3.8) is 0 Å². The minimum absolute atomic E-state index is 0.0604. The third kappa shape index (κ3) is 5.40. The Balaban J connectivity index is 1.40. The molecule has 1 amide bonds. The second-order valence-electron chi connectivity index (χ2n) is 6.77. The standard InChI is InChI=1S/C20H14F3N7O4/c21-20(22,23)13-5-3-4-12(8-13)18-26-17(34-27-18)10-33-19(32)14-6-1-2-7-15(14)25-16(31)9-30-11-24-28-29-30/h1-8,11H,9-10H2,(H,25,31). The predicted octanol–water partition coefficient (Wildman–Crippen LogP) is 2.74. The maximum Gasteiger partial charge on any atom is 0.416 e. The van der Waals surface area contributed by atoms with Crippen molar-refractivity contribution in [3.8, 4) is 11.4 Å². The number of anilines is 1. The van der Waals surface area contributed by atoms with E-state index >= 15 is 0 Å². The van der Waals surface area contributed by atoms with Crippen molar-refractivity contribution in [3.05, 3.63) is 71.9 Å². The van der Waals surface area contributed by atoms with Crippen molar-refractivity contribution >= 4 is 17.6 Å². The first-order valence-corrected chi connectivity index (χ1v) is 9.56. The highest BCUT2D eigenvalue weighted by molar-refractivity contribution is 6.01. The van der Waals surface area contributed by atoms with Crippen LogP contribution in [0.25, 0.3) is 11.4 Å². The minimum atomic E-state index is -4.52. The molecule has 11 nitrogen and oxygen atoms in total. The summed E-state index contributed by atoms with van der Waals surface area (Å²) in [6, 6.07) is 10.6. The number of halogens is 3. The van der Waals surface area contributed by atoms with Crippen LogP contribution < -0.4 is 5.32 Å². The van der Waals surface area contributed by atoms with Crippen LogP contribution in [0.2, 0.25) is 0 Å². The number of rotatable bonds is 7. The largest absolute Gasteiger partial charge is 0.452 e. The van der Waals surface area contributed by atoms with Crippen molar-refractivity contribution in [2.75, 3.05) is 5.32 Å². The second kappa shape index (κ2) is 9.48. The number of tetrazole rings is 1. The zero-order valence-corrected chi connectivity index (χ0v) is 17.1. The average Bonchev–Trinajstić information content (AvgIpc) is 3.49. The van der Waals surface area contributed by atoms with Gasteiger partial charge in [-0.05, 0) is 34.7 Å². The summed E-state index contributed by atoms with van der Waals surface area (Å²) in [5, 5.41) is 16.6. The van der Waals surface area contributed by atoms with Gasteiger partial charge in [0, 0.05) is 5.56 Å². The topological polar surface area (TPSA) is 138 Å². The van der Waals surface area contributed by atoms with Crippen molar-refractivity contribution in [1.29, 1.82) is 0 Å². The summed E-state index contributed by atoms with van der Waals surface area (Å²) in [4.78, 5) is 28.7. The lowest BCUT2D eigenvalue weighted by Crippen LogP contribution is -2.21. The number of carbonyl (C=O) groups excluding carboxylic acids is 2. The van der Waals surface area contributed by atoms with E-state index < -0.39 is 30.2 Å². The molecule has 0 spiro atoms. The number of benzene rings is 2. The summed E-state index contributed by atoms with van der Waals surface area (Å²) in [6.45, 7) is -0.603. The van der Waals surface area contributed by atoms with E-state index in [4.69, 9.17) is 9.26 Å². The number of nitrogens with zero attached hydrogens (tertiary/aromatic N) is 6. The molecule has 0 unspecified atom stereocenters. The smallest absolute Gasteiger partial charge is 0.416 e. The molecule has 0 aliphatic rings. The summed E-state index contributed by atoms with van der Waals surface area (Å²) in [7, 11) is 0. The van der Waals surface area contributed by atoms with Crippen molar-refractivity contribution in [2.24, 2.45) is 0 Å². The van der Waals surface area contributed by atoms with Gasteiger partial charge in [-0.1, -0.05) is 29.4 Å². The van der Waals surface area contributed by atoms with Crippen molar-refractivity contribution in [1.82, 2.24) is 30.3 Å². The van der Waals surface area contributed by atoms with Gasteiger partial charge in [0.05, 0.1) is 16.8 Å². The number of alkyl halides is 3. The number of para-hydroxylation sites is 1. The van der Waals surface area contributed by atoms with Crippen LogP contribution >= 0.6 is 0 Å². The summed E-state index contributed by atoms with van der Waals surface area (Å²) in [5.74, 6) is -1.49. The molecule has 1 N–H and O–H groups in total. The number of hydrogen-bond acceptors (Lipinski definition) is 9. The Morgan fingerprint density at radius 3 is 2.71 bits per heavy atom. The molecule has 4 aromatic rings. The van der Waals surface area contributed by atoms with Gasteiger partial charge in [-0.15, -0.1) is 5.10 Å². The van der Waals surface area contributed by atoms with Crippen molar-refractivity contribution < 1.29 is 32.0 Å². The van der Waals surface area contributed by atoms with Gasteiger partial charge in [-0.25, -0.2) is 9.48 Å². The Morgan fingerprint density at radius 1 is 1.12 bits per heavy atom.